The minimum absolute atomic E-state index is 0.152. The molecule has 4 aromatic carbocycles. The van der Waals surface area contributed by atoms with Gasteiger partial charge in [0, 0.05) is 11.3 Å². The van der Waals surface area contributed by atoms with Crippen LogP contribution in [-0.4, -0.2) is 19.1 Å². The molecule has 0 fully saturated rings. The van der Waals surface area contributed by atoms with Crippen LogP contribution < -0.4 is 14.8 Å². The number of ether oxygens (including phenoxy) is 2. The summed E-state index contributed by atoms with van der Waals surface area (Å²) in [5.41, 5.74) is 4.08. The highest BCUT2D eigenvalue weighted by Gasteiger charge is 2.13. The molecule has 0 aromatic heterocycles. The maximum absolute atomic E-state index is 12.6. The monoisotopic (exact) mass is 490 g/mol. The van der Waals surface area contributed by atoms with Gasteiger partial charge < -0.3 is 14.8 Å². The minimum Gasteiger partial charge on any atom is -0.490 e. The van der Waals surface area contributed by atoms with E-state index in [4.69, 9.17) is 9.47 Å². The zero-order chi connectivity index (χ0) is 26.2. The topological polar surface area (TPSA) is 71.3 Å². The van der Waals surface area contributed by atoms with Gasteiger partial charge in [0.2, 0.25) is 0 Å². The van der Waals surface area contributed by atoms with E-state index in [9.17, 15) is 10.1 Å². The van der Waals surface area contributed by atoms with Crippen LogP contribution in [0.3, 0.4) is 0 Å². The fourth-order valence-electron chi connectivity index (χ4n) is 4.24. The van der Waals surface area contributed by atoms with Crippen molar-refractivity contribution >= 4 is 34.0 Å². The molecule has 0 unspecified atom stereocenters. The first-order chi connectivity index (χ1) is 18.0. The Morgan fingerprint density at radius 1 is 0.946 bits per heavy atom. The number of nitriles is 1. The highest BCUT2D eigenvalue weighted by Crippen LogP contribution is 2.32. The Balaban J connectivity index is 1.54. The molecule has 0 bridgehead atoms. The van der Waals surface area contributed by atoms with Crippen LogP contribution in [0.5, 0.6) is 11.5 Å². The van der Waals surface area contributed by atoms with Crippen LogP contribution in [0.1, 0.15) is 43.4 Å². The molecule has 0 aliphatic rings. The third-order valence-corrected chi connectivity index (χ3v) is 5.99. The Bertz CT molecular complexity index is 1480. The number of rotatable bonds is 9. The van der Waals surface area contributed by atoms with E-state index in [1.54, 1.807) is 6.07 Å². The van der Waals surface area contributed by atoms with Crippen LogP contribution in [0, 0.1) is 11.3 Å². The van der Waals surface area contributed by atoms with Crippen LogP contribution in [0.4, 0.5) is 5.69 Å². The molecule has 5 heteroatoms. The van der Waals surface area contributed by atoms with Crippen molar-refractivity contribution in [1.29, 1.82) is 5.26 Å². The third-order valence-electron chi connectivity index (χ3n) is 5.99. The standard InChI is InChI=1S/C32H30N2O3/c1-4-36-31-19-23(18-25(20-33)28-14-9-11-24-10-5-6-13-27(24)28)16-17-30(31)37-21-32(35)34-29-15-8-7-12-26(29)22(2)3/h5-19,22H,4,21H2,1-3H3,(H,34,35)/b25-18-. The van der Waals surface area contributed by atoms with E-state index in [-0.39, 0.29) is 18.4 Å². The zero-order valence-corrected chi connectivity index (χ0v) is 21.3. The van der Waals surface area contributed by atoms with Crippen LogP contribution in [0.2, 0.25) is 0 Å². The van der Waals surface area contributed by atoms with E-state index >= 15 is 0 Å². The molecule has 186 valence electrons. The van der Waals surface area contributed by atoms with Gasteiger partial charge in [0.1, 0.15) is 0 Å². The first-order valence-corrected chi connectivity index (χ1v) is 12.4. The summed E-state index contributed by atoms with van der Waals surface area (Å²) in [5, 5.41) is 15.0. The van der Waals surface area contributed by atoms with Gasteiger partial charge in [0.05, 0.1) is 18.2 Å². The second kappa shape index (κ2) is 11.9. The van der Waals surface area contributed by atoms with Crippen molar-refractivity contribution in [3.05, 3.63) is 102 Å². The second-order valence-electron chi connectivity index (χ2n) is 8.91. The Kier molecular flexibility index (Phi) is 8.22. The number of anilines is 1. The van der Waals surface area contributed by atoms with Gasteiger partial charge in [-0.2, -0.15) is 5.26 Å². The lowest BCUT2D eigenvalue weighted by Crippen LogP contribution is -2.21. The van der Waals surface area contributed by atoms with Crippen molar-refractivity contribution in [2.24, 2.45) is 0 Å². The van der Waals surface area contributed by atoms with E-state index in [2.05, 4.69) is 25.2 Å². The summed E-state index contributed by atoms with van der Waals surface area (Å²) in [6.07, 6.45) is 1.84. The molecule has 0 heterocycles. The molecular weight excluding hydrogens is 460 g/mol. The lowest BCUT2D eigenvalue weighted by molar-refractivity contribution is -0.118. The summed E-state index contributed by atoms with van der Waals surface area (Å²) < 4.78 is 11.6. The van der Waals surface area contributed by atoms with Crippen LogP contribution in [0.15, 0.2) is 84.9 Å². The van der Waals surface area contributed by atoms with Crippen molar-refractivity contribution in [1.82, 2.24) is 0 Å². The molecule has 0 radical (unpaired) electrons. The molecular formula is C32H30N2O3. The maximum atomic E-state index is 12.6. The van der Waals surface area contributed by atoms with Crippen molar-refractivity contribution in [3.8, 4) is 17.6 Å². The quantitative estimate of drug-likeness (QED) is 0.195. The first-order valence-electron chi connectivity index (χ1n) is 12.4. The van der Waals surface area contributed by atoms with Gasteiger partial charge >= 0.3 is 0 Å². The predicted molar refractivity (Wildman–Crippen MR) is 150 cm³/mol. The third kappa shape index (κ3) is 6.17. The molecule has 0 saturated carbocycles. The summed E-state index contributed by atoms with van der Waals surface area (Å²) in [4.78, 5) is 12.6. The molecule has 0 spiro atoms. The van der Waals surface area contributed by atoms with Gasteiger partial charge in [-0.05, 0) is 59.0 Å². The zero-order valence-electron chi connectivity index (χ0n) is 21.3. The molecule has 4 rings (SSSR count). The number of fused-ring (bicyclic) bond motifs is 1. The number of para-hydroxylation sites is 1. The van der Waals surface area contributed by atoms with Crippen molar-refractivity contribution in [2.75, 3.05) is 18.5 Å². The number of carbonyl (C=O) groups excluding carboxylic acids is 1. The number of carbonyl (C=O) groups is 1. The molecule has 5 nitrogen and oxygen atoms in total. The lowest BCUT2D eigenvalue weighted by Gasteiger charge is -2.15. The second-order valence-corrected chi connectivity index (χ2v) is 8.91. The van der Waals surface area contributed by atoms with Crippen LogP contribution in [0.25, 0.3) is 22.4 Å². The van der Waals surface area contributed by atoms with Crippen molar-refractivity contribution in [3.63, 3.8) is 0 Å². The van der Waals surface area contributed by atoms with Gasteiger partial charge in [0.25, 0.3) is 5.91 Å². The smallest absolute Gasteiger partial charge is 0.262 e. The minimum atomic E-state index is -0.248. The fraction of sp³-hybridized carbons (Fsp3) is 0.188. The maximum Gasteiger partial charge on any atom is 0.262 e. The summed E-state index contributed by atoms with van der Waals surface area (Å²) in [7, 11) is 0. The Labute approximate surface area is 218 Å². The van der Waals surface area contributed by atoms with Crippen molar-refractivity contribution in [2.45, 2.75) is 26.7 Å². The van der Waals surface area contributed by atoms with Crippen molar-refractivity contribution < 1.29 is 14.3 Å². The number of amides is 1. The van der Waals surface area contributed by atoms with Gasteiger partial charge in [-0.25, -0.2) is 0 Å². The lowest BCUT2D eigenvalue weighted by atomic mass is 9.97. The summed E-state index contributed by atoms with van der Waals surface area (Å²) >= 11 is 0. The molecule has 4 aromatic rings. The van der Waals surface area contributed by atoms with Gasteiger partial charge in [-0.3, -0.25) is 4.79 Å². The molecule has 0 aliphatic carbocycles. The number of allylic oxidation sites excluding steroid dienone is 1. The largest absolute Gasteiger partial charge is 0.490 e. The van der Waals surface area contributed by atoms with E-state index in [1.807, 2.05) is 91.9 Å². The normalized spacial score (nSPS) is 11.3. The SMILES string of the molecule is CCOc1cc(/C=C(/C#N)c2cccc3ccccc23)ccc1OCC(=O)Nc1ccccc1C(C)C. The average molecular weight is 491 g/mol. The molecule has 0 atom stereocenters. The number of benzene rings is 4. The molecule has 1 N–H and O–H groups in total. The van der Waals surface area contributed by atoms with Gasteiger partial charge in [-0.1, -0.05) is 80.6 Å². The molecule has 1 amide bonds. The predicted octanol–water partition coefficient (Wildman–Crippen LogP) is 7.44. The van der Waals surface area contributed by atoms with E-state index in [1.165, 1.54) is 0 Å². The highest BCUT2D eigenvalue weighted by atomic mass is 16.5. The summed E-state index contributed by atoms with van der Waals surface area (Å²) in [5.74, 6) is 1.02. The molecule has 0 aliphatic heterocycles. The number of nitrogens with one attached hydrogen (secondary N) is 1. The highest BCUT2D eigenvalue weighted by molar-refractivity contribution is 6.01. The molecule has 0 saturated heterocycles. The van der Waals surface area contributed by atoms with E-state index < -0.39 is 0 Å². The summed E-state index contributed by atoms with van der Waals surface area (Å²) in [6.45, 7) is 6.35. The Morgan fingerprint density at radius 2 is 1.70 bits per heavy atom. The number of nitrogens with zero attached hydrogens (tertiary/aromatic N) is 1. The van der Waals surface area contributed by atoms with E-state index in [0.29, 0.717) is 23.7 Å². The number of hydrogen-bond acceptors (Lipinski definition) is 4. The summed E-state index contributed by atoms with van der Waals surface area (Å²) in [6, 6.07) is 29.5. The van der Waals surface area contributed by atoms with Crippen LogP contribution in [-0.2, 0) is 4.79 Å². The Morgan fingerprint density at radius 3 is 2.49 bits per heavy atom. The van der Waals surface area contributed by atoms with Gasteiger partial charge in [0.15, 0.2) is 18.1 Å². The number of hydrogen-bond donors (Lipinski definition) is 1. The van der Waals surface area contributed by atoms with Crippen LogP contribution >= 0.6 is 0 Å². The molecule has 37 heavy (non-hydrogen) atoms. The average Bonchev–Trinajstić information content (AvgIpc) is 2.91. The first kappa shape index (κ1) is 25.5. The van der Waals surface area contributed by atoms with Gasteiger partial charge in [-0.15, -0.1) is 0 Å². The fourth-order valence-corrected chi connectivity index (χ4v) is 4.24. The Hall–Kier alpha value is -4.56. The van der Waals surface area contributed by atoms with E-state index in [0.717, 1.165) is 33.2 Å².